The van der Waals surface area contributed by atoms with Gasteiger partial charge in [-0.05, 0) is 78.2 Å². The van der Waals surface area contributed by atoms with E-state index in [4.69, 9.17) is 55.3 Å². The van der Waals surface area contributed by atoms with Crippen molar-refractivity contribution in [3.8, 4) is 50.0 Å². The van der Waals surface area contributed by atoms with Gasteiger partial charge in [0.1, 0.15) is 82.8 Å². The molecule has 5 heterocycles. The molecular formula is C54H66N6O21S3+2. The van der Waals surface area contributed by atoms with Crippen molar-refractivity contribution in [2.45, 2.75) is 139 Å². The van der Waals surface area contributed by atoms with Gasteiger partial charge in [0.2, 0.25) is 17.7 Å². The molecule has 4 aromatic carbocycles. The van der Waals surface area contributed by atoms with Crippen molar-refractivity contribution in [2.24, 2.45) is 17.2 Å². The quantitative estimate of drug-likeness (QED) is 0.0325. The van der Waals surface area contributed by atoms with E-state index in [2.05, 4.69) is 5.73 Å². The molecule has 1 saturated carbocycles. The molecule has 6 aromatic rings. The van der Waals surface area contributed by atoms with Gasteiger partial charge < -0.3 is 96.9 Å². The summed E-state index contributed by atoms with van der Waals surface area (Å²) in [6.07, 6.45) is -23.5. The van der Waals surface area contributed by atoms with Crippen molar-refractivity contribution < 1.29 is 110 Å². The molecule has 454 valence electrons. The second-order valence-electron chi connectivity index (χ2n) is 21.1. The molecule has 19 N–H and O–H groups in total. The van der Waals surface area contributed by atoms with Crippen LogP contribution in [0.5, 0.6) is 5.75 Å². The Labute approximate surface area is 484 Å². The van der Waals surface area contributed by atoms with E-state index in [0.29, 0.717) is 22.4 Å². The summed E-state index contributed by atoms with van der Waals surface area (Å²) < 4.78 is 115. The Bertz CT molecular complexity index is 3500. The van der Waals surface area contributed by atoms with Gasteiger partial charge in [-0.1, -0.05) is 30.3 Å². The van der Waals surface area contributed by atoms with E-state index in [0.717, 1.165) is 32.9 Å². The van der Waals surface area contributed by atoms with Crippen LogP contribution in [-0.2, 0) is 55.2 Å². The average Bonchev–Trinajstić information content (AvgIpc) is 1.97. The third kappa shape index (κ3) is 12.4. The lowest BCUT2D eigenvalue weighted by Crippen LogP contribution is -2.79. The first kappa shape index (κ1) is 61.9. The van der Waals surface area contributed by atoms with Gasteiger partial charge in [0, 0.05) is 40.9 Å². The molecule has 0 bridgehead atoms. The molecule has 30 heteroatoms. The van der Waals surface area contributed by atoms with Gasteiger partial charge in [0.25, 0.3) is 20.2 Å². The summed E-state index contributed by atoms with van der Waals surface area (Å²) in [5.41, 5.74) is 26.8. The van der Waals surface area contributed by atoms with Gasteiger partial charge in [0.15, 0.2) is 25.2 Å². The summed E-state index contributed by atoms with van der Waals surface area (Å²) in [7, 11) is -8.31. The van der Waals surface area contributed by atoms with Crippen LogP contribution in [0.1, 0.15) is 6.42 Å². The Morgan fingerprint density at radius 3 is 1.80 bits per heavy atom. The number of pyridine rings is 1. The van der Waals surface area contributed by atoms with Crippen molar-refractivity contribution in [3.63, 3.8) is 0 Å². The molecular weight excluding hydrogens is 1160 g/mol. The van der Waals surface area contributed by atoms with Crippen molar-refractivity contribution in [1.82, 2.24) is 4.98 Å². The molecule has 0 amide bonds. The van der Waals surface area contributed by atoms with Crippen LogP contribution in [0.15, 0.2) is 113 Å². The van der Waals surface area contributed by atoms with Crippen molar-refractivity contribution in [1.29, 1.82) is 0 Å². The maximum atomic E-state index is 12.7. The van der Waals surface area contributed by atoms with Crippen LogP contribution in [0.25, 0.3) is 54.4 Å². The van der Waals surface area contributed by atoms with Gasteiger partial charge in [0.05, 0.1) is 47.6 Å². The highest BCUT2D eigenvalue weighted by Crippen LogP contribution is 2.38. The van der Waals surface area contributed by atoms with Crippen molar-refractivity contribution >= 4 is 41.8 Å². The third-order valence-corrected chi connectivity index (χ3v) is 18.5. The van der Waals surface area contributed by atoms with Crippen molar-refractivity contribution in [3.05, 3.63) is 103 Å². The summed E-state index contributed by atoms with van der Waals surface area (Å²) in [6.45, 7) is -1.83. The Balaban J connectivity index is 1.01. The fourth-order valence-electron chi connectivity index (χ4n) is 11.0. The molecule has 1 aliphatic carbocycles. The minimum absolute atomic E-state index is 0.0636. The largest absolute Gasteiger partial charge is 0.495 e. The molecule has 27 nitrogen and oxygen atoms in total. The highest BCUT2D eigenvalue weighted by Gasteiger charge is 2.55. The number of rotatable bonds is 17. The third-order valence-electron chi connectivity index (χ3n) is 15.6. The fraction of sp³-hybridized carbons (Fsp3) is 0.444. The lowest BCUT2D eigenvalue weighted by atomic mass is 9.84. The van der Waals surface area contributed by atoms with Crippen LogP contribution >= 0.6 is 11.3 Å². The number of aliphatic hydroxyl groups excluding tert-OH is 8. The lowest BCUT2D eigenvalue weighted by Gasteiger charge is -2.46. The first-order valence-corrected chi connectivity index (χ1v) is 30.2. The average molecular weight is 1230 g/mol. The predicted octanol–water partition coefficient (Wildman–Crippen LogP) is -2.77. The molecule has 84 heavy (non-hydrogen) atoms. The van der Waals surface area contributed by atoms with Crippen LogP contribution < -0.4 is 32.2 Å². The molecule has 3 aliphatic heterocycles. The van der Waals surface area contributed by atoms with Gasteiger partial charge in [-0.25, -0.2) is 4.98 Å². The first-order chi connectivity index (χ1) is 39.9. The highest BCUT2D eigenvalue weighted by molar-refractivity contribution is 7.86. The normalized spacial score (nSPS) is 33.1. The maximum absolute atomic E-state index is 12.7. The predicted molar refractivity (Wildman–Crippen MR) is 294 cm³/mol. The molecule has 2 aromatic heterocycles. The highest BCUT2D eigenvalue weighted by atomic mass is 32.2. The second kappa shape index (κ2) is 24.9. The topological polar surface area (TPSA) is 458 Å². The zero-order chi connectivity index (χ0) is 60.3. The minimum atomic E-state index is -4.86. The number of benzene rings is 4. The van der Waals surface area contributed by atoms with E-state index in [1.54, 1.807) is 34.9 Å². The fourth-order valence-corrected chi connectivity index (χ4v) is 13.1. The molecule has 4 aliphatic rings. The van der Waals surface area contributed by atoms with Crippen LogP contribution in [0, 0.1) is 0 Å². The van der Waals surface area contributed by atoms with Gasteiger partial charge >= 0.3 is 0 Å². The Morgan fingerprint density at radius 2 is 1.18 bits per heavy atom. The number of aliphatic hydroxyl groups is 8. The number of hydrogen-bond donors (Lipinski definition) is 14. The summed E-state index contributed by atoms with van der Waals surface area (Å²) in [5.74, 6) is -0.150. The monoisotopic (exact) mass is 1230 g/mol. The van der Waals surface area contributed by atoms with E-state index in [1.165, 1.54) is 42.7 Å². The number of methoxy groups -OCH3 is 1. The molecule has 19 unspecified atom stereocenters. The van der Waals surface area contributed by atoms with E-state index >= 15 is 0 Å². The summed E-state index contributed by atoms with van der Waals surface area (Å²) >= 11 is 1.48. The lowest BCUT2D eigenvalue weighted by molar-refractivity contribution is -0.688. The van der Waals surface area contributed by atoms with Crippen molar-refractivity contribution in [2.75, 3.05) is 20.3 Å². The zero-order valence-corrected chi connectivity index (χ0v) is 47.1. The second-order valence-corrected chi connectivity index (χ2v) is 24.9. The number of aromatic nitrogens is 2. The molecule has 0 spiro atoms. The van der Waals surface area contributed by atoms with Gasteiger partial charge in [-0.2, -0.15) is 21.4 Å². The maximum Gasteiger partial charge on any atom is 0.298 e. The number of fused-ring (bicyclic) bond motifs is 1. The van der Waals surface area contributed by atoms with Crippen LogP contribution in [-0.4, -0.2) is 208 Å². The molecule has 4 fully saturated rings. The molecule has 19 atom stereocenters. The number of hydrogen-bond acceptors (Lipinski definition) is 24. The SMILES string of the molecule is COc1ccc(-c2cc(-c3ccc(-c4nc5ccccc5s4)cc3)[n+](CC3OC(OC4C(N)CC(N)C(O)C4OC4OC(CO)C(OC5OC(CO)C(O)C(N)C5O)C4O)C([NH3+])C(O)C3O)c(-c3ccc(S(=O)(=O)O)cc3)c2)cc1S(=O)(=O)O. The number of para-hydroxylation sites is 1. The minimum Gasteiger partial charge on any atom is -0.495 e. The zero-order valence-electron chi connectivity index (χ0n) is 44.6. The summed E-state index contributed by atoms with van der Waals surface area (Å²) in [4.78, 5) is 3.82. The number of ether oxygens (including phenoxy) is 7. The number of nitrogens with two attached hydrogens (primary N) is 3. The van der Waals surface area contributed by atoms with Crippen LogP contribution in [0.3, 0.4) is 0 Å². The summed E-state index contributed by atoms with van der Waals surface area (Å²) in [5, 5.41) is 89.2. The molecule has 0 radical (unpaired) electrons. The van der Waals surface area contributed by atoms with Crippen LogP contribution in [0.4, 0.5) is 0 Å². The number of nitrogens with zero attached hydrogens (tertiary/aromatic N) is 2. The first-order valence-electron chi connectivity index (χ1n) is 26.5. The Hall–Kier alpha value is -5.18. The van der Waals surface area contributed by atoms with E-state index in [9.17, 15) is 66.8 Å². The number of quaternary nitrogens is 1. The Kier molecular flexibility index (Phi) is 18.3. The molecule has 3 saturated heterocycles. The smallest absolute Gasteiger partial charge is 0.298 e. The van der Waals surface area contributed by atoms with E-state index in [-0.39, 0.29) is 30.0 Å². The standard InChI is InChI=1S/C54H64N6O21S3/c1-75-34-15-12-26(18-39(34)84(72,73)74)27-16-32(23-6-8-25(9-7-23)51-59-31-4-2-3-5-38(31)82-51)60(33(17-27)24-10-13-28(14-11-24)83(69,70)71)20-35-44(65)45(66)41(58)52(76-35)79-48-30(56)19-29(55)42(63)50(48)81-54-47(68)49(37(22-62)78-54)80-53-46(67)40(57)43(64)36(21-61)77-53/h2-18,29-30,35-37,40-50,52-54,61-68H,19-22,55-58H2,1H3,(H-,69,70,71,72,73,74)/p+2. The van der Waals surface area contributed by atoms with Gasteiger partial charge in [-0.3, -0.25) is 9.11 Å². The Morgan fingerprint density at radius 1 is 0.607 bits per heavy atom. The number of thiazole rings is 1. The van der Waals surface area contributed by atoms with Gasteiger partial charge in [-0.15, -0.1) is 11.3 Å². The van der Waals surface area contributed by atoms with Crippen LogP contribution in [0.2, 0.25) is 0 Å². The summed E-state index contributed by atoms with van der Waals surface area (Å²) in [6, 6.07) is 22.8. The van der Waals surface area contributed by atoms with E-state index in [1.807, 2.05) is 36.4 Å². The van der Waals surface area contributed by atoms with E-state index < -0.39 is 160 Å². The molecule has 10 rings (SSSR count).